The molecular formula is C17H25N3O5. The van der Waals surface area contributed by atoms with Crippen molar-refractivity contribution in [2.45, 2.75) is 65.3 Å². The molecule has 1 unspecified atom stereocenters. The number of rotatable bonds is 1. The van der Waals surface area contributed by atoms with E-state index in [0.717, 1.165) is 4.90 Å². The van der Waals surface area contributed by atoms with Gasteiger partial charge in [-0.2, -0.15) is 5.10 Å². The highest BCUT2D eigenvalue weighted by molar-refractivity contribution is 6.14. The van der Waals surface area contributed by atoms with E-state index in [1.54, 1.807) is 48.6 Å². The highest BCUT2D eigenvalue weighted by atomic mass is 16.6. The second kappa shape index (κ2) is 6.16. The quantitative estimate of drug-likeness (QED) is 0.568. The molecule has 2 rings (SSSR count). The minimum absolute atomic E-state index is 0.0493. The molecule has 0 saturated carbocycles. The van der Waals surface area contributed by atoms with Crippen molar-refractivity contribution in [1.29, 1.82) is 0 Å². The highest BCUT2D eigenvalue weighted by Crippen LogP contribution is 2.26. The van der Waals surface area contributed by atoms with Gasteiger partial charge < -0.3 is 9.47 Å². The summed E-state index contributed by atoms with van der Waals surface area (Å²) in [5.41, 5.74) is -0.675. The van der Waals surface area contributed by atoms with E-state index in [4.69, 9.17) is 9.47 Å². The Kier molecular flexibility index (Phi) is 4.67. The highest BCUT2D eigenvalue weighted by Gasteiger charge is 2.46. The molecule has 1 aromatic heterocycles. The first-order chi connectivity index (χ1) is 11.3. The van der Waals surface area contributed by atoms with Crippen LogP contribution in [0.2, 0.25) is 0 Å². The van der Waals surface area contributed by atoms with Crippen LogP contribution in [0.4, 0.5) is 4.79 Å². The summed E-state index contributed by atoms with van der Waals surface area (Å²) in [6.07, 6.45) is 0.766. The van der Waals surface area contributed by atoms with Crippen LogP contribution in [0.25, 0.3) is 0 Å². The fraction of sp³-hybridized carbons (Fsp3) is 0.647. The summed E-state index contributed by atoms with van der Waals surface area (Å²) in [5.74, 6) is -1.31. The van der Waals surface area contributed by atoms with Crippen LogP contribution in [0, 0.1) is 0 Å². The fourth-order valence-corrected chi connectivity index (χ4v) is 2.54. The van der Waals surface area contributed by atoms with E-state index >= 15 is 0 Å². The normalized spacial score (nSPS) is 18.0. The van der Waals surface area contributed by atoms with Crippen molar-refractivity contribution in [2.24, 2.45) is 7.05 Å². The van der Waals surface area contributed by atoms with Crippen molar-refractivity contribution >= 4 is 17.8 Å². The summed E-state index contributed by atoms with van der Waals surface area (Å²) < 4.78 is 12.1. The molecule has 1 atom stereocenters. The Morgan fingerprint density at radius 2 is 1.68 bits per heavy atom. The number of hydrogen-bond acceptors (Lipinski definition) is 6. The molecule has 0 saturated heterocycles. The van der Waals surface area contributed by atoms with Gasteiger partial charge in [0.2, 0.25) is 5.78 Å². The van der Waals surface area contributed by atoms with Crippen LogP contribution < -0.4 is 0 Å². The molecule has 1 aromatic rings. The number of aromatic nitrogens is 2. The van der Waals surface area contributed by atoms with E-state index in [2.05, 4.69) is 5.10 Å². The molecule has 2 heterocycles. The molecule has 8 heteroatoms. The molecule has 138 valence electrons. The number of nitrogens with zero attached hydrogens (tertiary/aromatic N) is 3. The number of aryl methyl sites for hydroxylation is 1. The third-order valence-corrected chi connectivity index (χ3v) is 3.41. The van der Waals surface area contributed by atoms with Crippen molar-refractivity contribution in [3.63, 3.8) is 0 Å². The van der Waals surface area contributed by atoms with Crippen LogP contribution in [-0.2, 0) is 27.9 Å². The fourth-order valence-electron chi connectivity index (χ4n) is 2.54. The van der Waals surface area contributed by atoms with E-state index in [0.29, 0.717) is 11.3 Å². The number of ketones is 1. The Bertz CT molecular complexity index is 709. The van der Waals surface area contributed by atoms with Gasteiger partial charge in [0, 0.05) is 12.6 Å². The Hall–Kier alpha value is -2.38. The lowest BCUT2D eigenvalue weighted by molar-refractivity contribution is -0.159. The lowest BCUT2D eigenvalue weighted by atomic mass is 9.99. The average Bonchev–Trinajstić information content (AvgIpc) is 2.76. The predicted octanol–water partition coefficient (Wildman–Crippen LogP) is 2.06. The molecular weight excluding hydrogens is 326 g/mol. The molecule has 8 nitrogen and oxygen atoms in total. The third kappa shape index (κ3) is 4.18. The zero-order chi connectivity index (χ0) is 19.2. The van der Waals surface area contributed by atoms with Gasteiger partial charge >= 0.3 is 12.1 Å². The summed E-state index contributed by atoms with van der Waals surface area (Å²) >= 11 is 0. The monoisotopic (exact) mass is 351 g/mol. The van der Waals surface area contributed by atoms with Gasteiger partial charge in [-0.3, -0.25) is 14.4 Å². The molecule has 25 heavy (non-hydrogen) atoms. The summed E-state index contributed by atoms with van der Waals surface area (Å²) in [5, 5.41) is 4.05. The van der Waals surface area contributed by atoms with Gasteiger partial charge in [-0.15, -0.1) is 0 Å². The van der Waals surface area contributed by atoms with Crippen molar-refractivity contribution in [3.8, 4) is 0 Å². The van der Waals surface area contributed by atoms with E-state index in [9.17, 15) is 14.4 Å². The minimum atomic E-state index is -1.39. The van der Waals surface area contributed by atoms with Gasteiger partial charge in [0.1, 0.15) is 16.9 Å². The Morgan fingerprint density at radius 3 is 2.20 bits per heavy atom. The van der Waals surface area contributed by atoms with Crippen molar-refractivity contribution in [3.05, 3.63) is 17.5 Å². The van der Waals surface area contributed by atoms with Crippen LogP contribution in [0.5, 0.6) is 0 Å². The van der Waals surface area contributed by atoms with Crippen LogP contribution in [0.1, 0.15) is 57.6 Å². The molecule has 1 aliphatic heterocycles. The molecule has 0 fully saturated rings. The van der Waals surface area contributed by atoms with Gasteiger partial charge in [-0.25, -0.2) is 9.59 Å². The van der Waals surface area contributed by atoms with E-state index < -0.39 is 35.1 Å². The first-order valence-electron chi connectivity index (χ1n) is 8.08. The lowest BCUT2D eigenvalue weighted by Crippen LogP contribution is -2.55. The molecule has 1 aliphatic rings. The maximum absolute atomic E-state index is 12.9. The number of hydrogen-bond donors (Lipinski definition) is 0. The number of amides is 1. The first-order valence-corrected chi connectivity index (χ1v) is 8.08. The molecule has 0 aliphatic carbocycles. The van der Waals surface area contributed by atoms with Crippen LogP contribution >= 0.6 is 0 Å². The summed E-state index contributed by atoms with van der Waals surface area (Å²) in [6, 6.07) is -1.39. The molecule has 1 amide bonds. The molecule has 0 bridgehead atoms. The molecule has 0 spiro atoms. The smallest absolute Gasteiger partial charge is 0.411 e. The maximum atomic E-state index is 12.9. The average molecular weight is 351 g/mol. The second-order valence-electron chi connectivity index (χ2n) is 8.05. The summed E-state index contributed by atoms with van der Waals surface area (Å²) in [7, 11) is 1.62. The third-order valence-electron chi connectivity index (χ3n) is 3.41. The van der Waals surface area contributed by atoms with Gasteiger partial charge in [0.25, 0.3) is 0 Å². The summed E-state index contributed by atoms with van der Waals surface area (Å²) in [6.45, 7) is 10.3. The Balaban J connectivity index is 2.42. The second-order valence-corrected chi connectivity index (χ2v) is 8.05. The van der Waals surface area contributed by atoms with E-state index in [1.807, 2.05) is 0 Å². The van der Waals surface area contributed by atoms with Gasteiger partial charge in [0.05, 0.1) is 12.7 Å². The largest absolute Gasteiger partial charge is 0.458 e. The number of carbonyl (C=O) groups is 3. The van der Waals surface area contributed by atoms with Crippen molar-refractivity contribution in [1.82, 2.24) is 14.7 Å². The topological polar surface area (TPSA) is 90.7 Å². The maximum Gasteiger partial charge on any atom is 0.411 e. The van der Waals surface area contributed by atoms with Crippen molar-refractivity contribution < 1.29 is 23.9 Å². The SMILES string of the molecule is Cn1ncc2c1C(=O)C(C(=O)OC(C)(C)C)N(C(=O)OC(C)(C)C)C2. The van der Waals surface area contributed by atoms with E-state index in [1.165, 1.54) is 10.9 Å². The van der Waals surface area contributed by atoms with Crippen LogP contribution in [0.3, 0.4) is 0 Å². The number of esters is 1. The zero-order valence-electron chi connectivity index (χ0n) is 15.7. The van der Waals surface area contributed by atoms with Gasteiger partial charge in [0.15, 0.2) is 6.04 Å². The number of fused-ring (bicyclic) bond motifs is 1. The van der Waals surface area contributed by atoms with Gasteiger partial charge in [-0.05, 0) is 41.5 Å². The Morgan fingerprint density at radius 1 is 1.12 bits per heavy atom. The Labute approximate surface area is 147 Å². The number of ether oxygens (including phenoxy) is 2. The van der Waals surface area contributed by atoms with Crippen LogP contribution in [0.15, 0.2) is 6.20 Å². The number of Topliss-reactive ketones (excluding diaryl/α,β-unsaturated/α-hetero) is 1. The molecule has 0 N–H and O–H groups in total. The standard InChI is InChI=1S/C17H25N3O5/c1-16(2,3)24-14(22)12-13(21)11-10(8-18-19(11)7)9-20(12)15(23)25-17(4,5)6/h8,12H,9H2,1-7H3. The van der Waals surface area contributed by atoms with Gasteiger partial charge in [-0.1, -0.05) is 0 Å². The predicted molar refractivity (Wildman–Crippen MR) is 88.9 cm³/mol. The molecule has 0 radical (unpaired) electrons. The van der Waals surface area contributed by atoms with Crippen LogP contribution in [-0.4, -0.2) is 49.8 Å². The van der Waals surface area contributed by atoms with E-state index in [-0.39, 0.29) is 6.54 Å². The zero-order valence-corrected chi connectivity index (χ0v) is 15.7. The first kappa shape index (κ1) is 19.0. The molecule has 0 aromatic carbocycles. The summed E-state index contributed by atoms with van der Waals surface area (Å²) in [4.78, 5) is 39.2. The number of carbonyl (C=O) groups excluding carboxylic acids is 3. The minimum Gasteiger partial charge on any atom is -0.458 e. The van der Waals surface area contributed by atoms with Crippen molar-refractivity contribution in [2.75, 3.05) is 0 Å². The lowest BCUT2D eigenvalue weighted by Gasteiger charge is -2.35.